The van der Waals surface area contributed by atoms with Crippen molar-refractivity contribution in [2.24, 2.45) is 0 Å². The lowest BCUT2D eigenvalue weighted by Crippen LogP contribution is -2.20. The molecule has 9 heteroatoms. The van der Waals surface area contributed by atoms with E-state index in [0.717, 1.165) is 0 Å². The summed E-state index contributed by atoms with van der Waals surface area (Å²) in [6.07, 6.45) is 1.53. The molecule has 0 fully saturated rings. The van der Waals surface area contributed by atoms with Crippen LogP contribution in [0.2, 0.25) is 0 Å². The Kier molecular flexibility index (Phi) is 6.58. The van der Waals surface area contributed by atoms with Gasteiger partial charge in [-0.25, -0.2) is 13.4 Å². The molecule has 0 saturated heterocycles. The van der Waals surface area contributed by atoms with Crippen LogP contribution < -0.4 is 14.8 Å². The minimum absolute atomic E-state index is 0. The van der Waals surface area contributed by atoms with Crippen LogP contribution in [0.4, 0.5) is 10.8 Å². The molecule has 3 aromatic carbocycles. The maximum atomic E-state index is 12.9. The number of amides is 1. The number of hydrogen-bond donors (Lipinski definition) is 2. The van der Waals surface area contributed by atoms with Gasteiger partial charge in [-0.05, 0) is 35.2 Å². The summed E-state index contributed by atoms with van der Waals surface area (Å²) < 4.78 is 34.0. The molecule has 0 aliphatic carbocycles. The average Bonchev–Trinajstić information content (AvgIpc) is 3.30. The Bertz CT molecular complexity index is 1420. The molecule has 4 rings (SSSR count). The summed E-state index contributed by atoms with van der Waals surface area (Å²) in [7, 11) is -3.85. The highest BCUT2D eigenvalue weighted by Crippen LogP contribution is 2.31. The normalized spacial score (nSPS) is 11.9. The Balaban J connectivity index is 0.00000228. The molecule has 0 saturated carbocycles. The van der Waals surface area contributed by atoms with Gasteiger partial charge in [0, 0.05) is 30.9 Å². The van der Waals surface area contributed by atoms with E-state index in [2.05, 4.69) is 35.8 Å². The minimum atomic E-state index is -3.85. The first kappa shape index (κ1) is 23.7. The van der Waals surface area contributed by atoms with Crippen LogP contribution in [0.3, 0.4) is 0 Å². The number of aromatic nitrogens is 1. The quantitative estimate of drug-likeness (QED) is 0.330. The Morgan fingerprint density at radius 3 is 2.38 bits per heavy atom. The zero-order valence-corrected chi connectivity index (χ0v) is 20.7. The average molecular weight is 500 g/mol. The van der Waals surface area contributed by atoms with Gasteiger partial charge in [0.05, 0.1) is 4.90 Å². The number of carbonyl (C=O) groups is 1. The highest BCUT2D eigenvalue weighted by atomic mass is 32.2. The van der Waals surface area contributed by atoms with Crippen molar-refractivity contribution in [1.82, 2.24) is 4.98 Å². The van der Waals surface area contributed by atoms with Crippen molar-refractivity contribution in [2.75, 3.05) is 16.6 Å². The number of sulfonamides is 1. The van der Waals surface area contributed by atoms with Crippen LogP contribution in [0, 0.1) is 0 Å². The topological polar surface area (TPSA) is 97.4 Å². The zero-order valence-electron chi connectivity index (χ0n) is 19.0. The van der Waals surface area contributed by atoms with Crippen LogP contribution in [0.25, 0.3) is 10.8 Å². The number of hydrogen-bond acceptors (Lipinski definition) is 6. The molecule has 0 atom stereocenters. The monoisotopic (exact) mass is 499 g/mol. The molecule has 0 aliphatic heterocycles. The van der Waals surface area contributed by atoms with Crippen molar-refractivity contribution in [1.29, 1.82) is 0 Å². The van der Waals surface area contributed by atoms with E-state index < -0.39 is 10.0 Å². The lowest BCUT2D eigenvalue weighted by atomic mass is 9.87. The molecular weight excluding hydrogens is 470 g/mol. The highest BCUT2D eigenvalue weighted by molar-refractivity contribution is 7.93. The SMILES string of the molecule is CC(C)(C)c1ccc(OCC(=O)Nc2ccc(S(=O)(=O)Nc3nccs3)c3ccccc23)cc1.[HH].[HH]. The van der Waals surface area contributed by atoms with E-state index in [1.807, 2.05) is 24.3 Å². The molecule has 34 heavy (non-hydrogen) atoms. The van der Waals surface area contributed by atoms with Gasteiger partial charge in [0.25, 0.3) is 15.9 Å². The maximum absolute atomic E-state index is 12.9. The second-order valence-corrected chi connectivity index (χ2v) is 11.3. The third-order valence-electron chi connectivity index (χ3n) is 5.19. The van der Waals surface area contributed by atoms with E-state index in [9.17, 15) is 13.2 Å². The van der Waals surface area contributed by atoms with Crippen molar-refractivity contribution in [3.63, 3.8) is 0 Å². The number of benzene rings is 3. The standard InChI is InChI=1S/C25H25N3O4S2.2H2/c1-25(2,3)17-8-10-18(11-9-17)32-16-23(29)27-21-12-13-22(20-7-5-4-6-19(20)21)34(30,31)28-24-26-14-15-33-24;;/h4-15H,16H2,1-3H3,(H,26,28)(H,27,29);2*1H. The molecule has 180 valence electrons. The van der Waals surface area contributed by atoms with Crippen LogP contribution in [0.15, 0.2) is 77.1 Å². The van der Waals surface area contributed by atoms with E-state index in [4.69, 9.17) is 4.74 Å². The number of fused-ring (bicyclic) bond motifs is 1. The minimum Gasteiger partial charge on any atom is -0.484 e. The molecule has 1 amide bonds. The van der Waals surface area contributed by atoms with Crippen LogP contribution >= 0.6 is 11.3 Å². The van der Waals surface area contributed by atoms with E-state index in [0.29, 0.717) is 22.2 Å². The van der Waals surface area contributed by atoms with E-state index in [1.54, 1.807) is 35.7 Å². The Labute approximate surface area is 205 Å². The Hall–Kier alpha value is -3.43. The molecule has 4 aromatic rings. The van der Waals surface area contributed by atoms with Gasteiger partial charge in [-0.15, -0.1) is 11.3 Å². The molecule has 2 N–H and O–H groups in total. The first-order chi connectivity index (χ1) is 16.1. The van der Waals surface area contributed by atoms with Gasteiger partial charge in [-0.1, -0.05) is 57.2 Å². The number of ether oxygens (including phenoxy) is 1. The van der Waals surface area contributed by atoms with Gasteiger partial charge in [0.1, 0.15) is 5.75 Å². The van der Waals surface area contributed by atoms with E-state index in [1.165, 1.54) is 29.2 Å². The first-order valence-corrected chi connectivity index (χ1v) is 13.0. The number of rotatable bonds is 7. The summed E-state index contributed by atoms with van der Waals surface area (Å²) in [5.74, 6) is 0.254. The summed E-state index contributed by atoms with van der Waals surface area (Å²) in [6, 6.07) is 17.7. The van der Waals surface area contributed by atoms with Crippen LogP contribution in [-0.4, -0.2) is 25.9 Å². The van der Waals surface area contributed by atoms with E-state index in [-0.39, 0.29) is 30.8 Å². The van der Waals surface area contributed by atoms with Crippen molar-refractivity contribution in [3.05, 3.63) is 77.8 Å². The second kappa shape index (κ2) is 9.44. The summed E-state index contributed by atoms with van der Waals surface area (Å²) in [5.41, 5.74) is 1.71. The van der Waals surface area contributed by atoms with Gasteiger partial charge >= 0.3 is 0 Å². The number of carbonyl (C=O) groups excluding carboxylic acids is 1. The van der Waals surface area contributed by atoms with E-state index >= 15 is 0 Å². The molecule has 0 radical (unpaired) electrons. The third kappa shape index (κ3) is 5.37. The van der Waals surface area contributed by atoms with Crippen molar-refractivity contribution >= 4 is 48.9 Å². The van der Waals surface area contributed by atoms with Crippen LogP contribution in [-0.2, 0) is 20.2 Å². The molecule has 0 bridgehead atoms. The Morgan fingerprint density at radius 2 is 1.74 bits per heavy atom. The fourth-order valence-corrected chi connectivity index (χ4v) is 5.45. The number of anilines is 2. The lowest BCUT2D eigenvalue weighted by Gasteiger charge is -2.19. The maximum Gasteiger partial charge on any atom is 0.264 e. The molecule has 1 heterocycles. The van der Waals surface area contributed by atoms with Crippen LogP contribution in [0.1, 0.15) is 29.2 Å². The predicted octanol–water partition coefficient (Wildman–Crippen LogP) is 5.90. The fraction of sp³-hybridized carbons (Fsp3) is 0.200. The summed E-state index contributed by atoms with van der Waals surface area (Å²) in [5, 5.41) is 5.89. The molecule has 0 aliphatic rings. The second-order valence-electron chi connectivity index (χ2n) is 8.71. The highest BCUT2D eigenvalue weighted by Gasteiger charge is 2.20. The molecule has 7 nitrogen and oxygen atoms in total. The fourth-order valence-electron chi connectivity index (χ4n) is 3.44. The van der Waals surface area contributed by atoms with Gasteiger partial charge < -0.3 is 10.1 Å². The Morgan fingerprint density at radius 1 is 1.03 bits per heavy atom. The van der Waals surface area contributed by atoms with Gasteiger partial charge in [0.2, 0.25) is 0 Å². The summed E-state index contributed by atoms with van der Waals surface area (Å²) in [4.78, 5) is 16.7. The van der Waals surface area contributed by atoms with Crippen molar-refractivity contribution in [3.8, 4) is 5.75 Å². The number of thiazole rings is 1. The zero-order chi connectivity index (χ0) is 24.3. The predicted molar refractivity (Wildman–Crippen MR) is 140 cm³/mol. The first-order valence-electron chi connectivity index (χ1n) is 10.6. The third-order valence-corrected chi connectivity index (χ3v) is 7.41. The smallest absolute Gasteiger partial charge is 0.264 e. The summed E-state index contributed by atoms with van der Waals surface area (Å²) >= 11 is 1.19. The van der Waals surface area contributed by atoms with Crippen molar-refractivity contribution in [2.45, 2.75) is 31.1 Å². The van der Waals surface area contributed by atoms with Gasteiger partial charge in [0.15, 0.2) is 11.7 Å². The van der Waals surface area contributed by atoms with Gasteiger partial charge in [-0.3, -0.25) is 9.52 Å². The molecular formula is C25H29N3O4S2. The van der Waals surface area contributed by atoms with Crippen molar-refractivity contribution < 1.29 is 20.8 Å². The lowest BCUT2D eigenvalue weighted by molar-refractivity contribution is -0.118. The number of nitrogens with one attached hydrogen (secondary N) is 2. The molecule has 0 unspecified atom stereocenters. The van der Waals surface area contributed by atoms with Crippen LogP contribution in [0.5, 0.6) is 5.75 Å². The van der Waals surface area contributed by atoms with Gasteiger partial charge in [-0.2, -0.15) is 0 Å². The molecule has 0 spiro atoms. The largest absolute Gasteiger partial charge is 0.484 e. The summed E-state index contributed by atoms with van der Waals surface area (Å²) in [6.45, 7) is 6.22. The number of nitrogens with zero attached hydrogens (tertiary/aromatic N) is 1. The molecule has 1 aromatic heterocycles.